The Morgan fingerprint density at radius 2 is 2.00 bits per heavy atom. The fraction of sp³-hybridized carbons (Fsp3) is 0.667. The van der Waals surface area contributed by atoms with Crippen LogP contribution in [0.2, 0.25) is 0 Å². The van der Waals surface area contributed by atoms with Crippen molar-refractivity contribution in [2.45, 2.75) is 33.0 Å². The van der Waals surface area contributed by atoms with E-state index in [4.69, 9.17) is 0 Å². The van der Waals surface area contributed by atoms with Gasteiger partial charge < -0.3 is 5.32 Å². The fourth-order valence-corrected chi connectivity index (χ4v) is 1.61. The first kappa shape index (κ1) is 15.7. The molecule has 0 aliphatic rings. The molecule has 0 radical (unpaired) electrons. The summed E-state index contributed by atoms with van der Waals surface area (Å²) in [5.74, 6) is 1.23. The third kappa shape index (κ3) is 6.37. The van der Waals surface area contributed by atoms with Crippen LogP contribution in [-0.4, -0.2) is 41.2 Å². The summed E-state index contributed by atoms with van der Waals surface area (Å²) in [5, 5.41) is 3.07. The summed E-state index contributed by atoms with van der Waals surface area (Å²) < 4.78 is 36.3. The van der Waals surface area contributed by atoms with Gasteiger partial charge in [0.1, 0.15) is 11.6 Å². The molecule has 1 N–H and O–H groups in total. The van der Waals surface area contributed by atoms with Gasteiger partial charge in [-0.2, -0.15) is 13.2 Å². The average molecular weight is 276 g/mol. The van der Waals surface area contributed by atoms with Gasteiger partial charge in [0.2, 0.25) is 0 Å². The number of aromatic nitrogens is 2. The molecule has 0 aromatic carbocycles. The number of hydrogen-bond acceptors (Lipinski definition) is 4. The topological polar surface area (TPSA) is 41.1 Å². The van der Waals surface area contributed by atoms with Crippen molar-refractivity contribution in [3.63, 3.8) is 0 Å². The largest absolute Gasteiger partial charge is 0.390 e. The standard InChI is InChI=1S/C12H19F3N4/c1-4-16-10-7-9(2)17-11(18-10)8-19(3)6-5-12(13,14)15/h7H,4-6,8H2,1-3H3,(H,16,17,18). The van der Waals surface area contributed by atoms with Crippen molar-refractivity contribution in [3.05, 3.63) is 17.6 Å². The van der Waals surface area contributed by atoms with Crippen molar-refractivity contribution in [2.24, 2.45) is 0 Å². The molecule has 0 amide bonds. The molecule has 7 heteroatoms. The summed E-state index contributed by atoms with van der Waals surface area (Å²) in [6, 6.07) is 1.81. The van der Waals surface area contributed by atoms with Gasteiger partial charge >= 0.3 is 6.18 Å². The van der Waals surface area contributed by atoms with Crippen molar-refractivity contribution in [1.82, 2.24) is 14.9 Å². The maximum Gasteiger partial charge on any atom is 0.390 e. The summed E-state index contributed by atoms with van der Waals surface area (Å²) >= 11 is 0. The quantitative estimate of drug-likeness (QED) is 0.867. The minimum atomic E-state index is -4.13. The minimum absolute atomic E-state index is 0.0582. The van der Waals surface area contributed by atoms with Gasteiger partial charge in [0, 0.05) is 24.8 Å². The summed E-state index contributed by atoms with van der Waals surface area (Å²) in [6.45, 7) is 4.77. The number of rotatable bonds is 6. The van der Waals surface area contributed by atoms with Crippen LogP contribution in [0.3, 0.4) is 0 Å². The van der Waals surface area contributed by atoms with E-state index in [-0.39, 0.29) is 6.54 Å². The Balaban J connectivity index is 2.60. The molecule has 0 fully saturated rings. The second-order valence-corrected chi connectivity index (χ2v) is 4.44. The molecule has 0 saturated heterocycles. The molecule has 0 aliphatic heterocycles. The van der Waals surface area contributed by atoms with E-state index in [0.717, 1.165) is 12.2 Å². The van der Waals surface area contributed by atoms with Crippen LogP contribution >= 0.6 is 0 Å². The Labute approximate surface area is 111 Å². The molecule has 1 rings (SSSR count). The van der Waals surface area contributed by atoms with E-state index in [9.17, 15) is 13.2 Å². The number of nitrogens with one attached hydrogen (secondary N) is 1. The molecule has 0 aliphatic carbocycles. The maximum atomic E-state index is 12.1. The number of halogens is 3. The SMILES string of the molecule is CCNc1cc(C)nc(CN(C)CCC(F)(F)F)n1. The highest BCUT2D eigenvalue weighted by molar-refractivity contribution is 5.35. The molecule has 1 heterocycles. The molecule has 1 aromatic rings. The van der Waals surface area contributed by atoms with Crippen molar-refractivity contribution < 1.29 is 13.2 Å². The summed E-state index contributed by atoms with van der Waals surface area (Å²) in [7, 11) is 1.63. The monoisotopic (exact) mass is 276 g/mol. The number of hydrogen-bond donors (Lipinski definition) is 1. The number of nitrogens with zero attached hydrogens (tertiary/aromatic N) is 3. The molecule has 0 unspecified atom stereocenters. The summed E-state index contributed by atoms with van der Waals surface area (Å²) in [4.78, 5) is 10.1. The molecule has 0 atom stereocenters. The zero-order chi connectivity index (χ0) is 14.5. The van der Waals surface area contributed by atoms with Crippen molar-refractivity contribution in [1.29, 1.82) is 0 Å². The first-order chi connectivity index (χ1) is 8.80. The normalized spacial score (nSPS) is 11.9. The van der Waals surface area contributed by atoms with Crippen LogP contribution in [0.4, 0.5) is 19.0 Å². The predicted molar refractivity (Wildman–Crippen MR) is 67.9 cm³/mol. The Morgan fingerprint density at radius 1 is 1.32 bits per heavy atom. The van der Waals surface area contributed by atoms with Gasteiger partial charge in [-0.1, -0.05) is 0 Å². The first-order valence-electron chi connectivity index (χ1n) is 6.14. The van der Waals surface area contributed by atoms with E-state index in [1.54, 1.807) is 11.9 Å². The average Bonchev–Trinajstić information content (AvgIpc) is 2.25. The van der Waals surface area contributed by atoms with Gasteiger partial charge in [0.25, 0.3) is 0 Å². The van der Waals surface area contributed by atoms with Crippen molar-refractivity contribution >= 4 is 5.82 Å². The molecule has 1 aromatic heterocycles. The van der Waals surface area contributed by atoms with Crippen LogP contribution in [0, 0.1) is 6.92 Å². The molecule has 0 spiro atoms. The lowest BCUT2D eigenvalue weighted by molar-refractivity contribution is -0.137. The van der Waals surface area contributed by atoms with Crippen LogP contribution in [0.5, 0.6) is 0 Å². The molecule has 0 saturated carbocycles. The van der Waals surface area contributed by atoms with Gasteiger partial charge in [0.05, 0.1) is 13.0 Å². The Bertz CT molecular complexity index is 406. The van der Waals surface area contributed by atoms with Gasteiger partial charge in [-0.15, -0.1) is 0 Å². The third-order valence-electron chi connectivity index (χ3n) is 2.45. The number of anilines is 1. The molecule has 0 bridgehead atoms. The smallest absolute Gasteiger partial charge is 0.370 e. The lowest BCUT2D eigenvalue weighted by Gasteiger charge is -2.17. The first-order valence-corrected chi connectivity index (χ1v) is 6.14. The van der Waals surface area contributed by atoms with Crippen LogP contribution in [0.15, 0.2) is 6.07 Å². The molecular formula is C12H19F3N4. The van der Waals surface area contributed by atoms with E-state index in [0.29, 0.717) is 18.2 Å². The van der Waals surface area contributed by atoms with Gasteiger partial charge in [0.15, 0.2) is 0 Å². The maximum absolute atomic E-state index is 12.1. The highest BCUT2D eigenvalue weighted by Crippen LogP contribution is 2.19. The molecule has 4 nitrogen and oxygen atoms in total. The van der Waals surface area contributed by atoms with Crippen LogP contribution < -0.4 is 5.32 Å². The summed E-state index contributed by atoms with van der Waals surface area (Å²) in [6.07, 6.45) is -4.95. The molecule has 108 valence electrons. The fourth-order valence-electron chi connectivity index (χ4n) is 1.61. The van der Waals surface area contributed by atoms with Crippen LogP contribution in [0.1, 0.15) is 24.9 Å². The summed E-state index contributed by atoms with van der Waals surface area (Å²) in [5.41, 5.74) is 0.796. The van der Waals surface area contributed by atoms with Crippen molar-refractivity contribution in [2.75, 3.05) is 25.5 Å². The Kier molecular flexibility index (Phi) is 5.53. The van der Waals surface area contributed by atoms with E-state index in [1.807, 2.05) is 19.9 Å². The second-order valence-electron chi connectivity index (χ2n) is 4.44. The van der Waals surface area contributed by atoms with E-state index < -0.39 is 12.6 Å². The highest BCUT2D eigenvalue weighted by atomic mass is 19.4. The van der Waals surface area contributed by atoms with Gasteiger partial charge in [-0.25, -0.2) is 9.97 Å². The highest BCUT2D eigenvalue weighted by Gasteiger charge is 2.27. The van der Waals surface area contributed by atoms with E-state index >= 15 is 0 Å². The van der Waals surface area contributed by atoms with Gasteiger partial charge in [-0.05, 0) is 20.9 Å². The Hall–Kier alpha value is -1.37. The lowest BCUT2D eigenvalue weighted by atomic mass is 10.3. The molecular weight excluding hydrogens is 257 g/mol. The molecule has 19 heavy (non-hydrogen) atoms. The minimum Gasteiger partial charge on any atom is -0.370 e. The lowest BCUT2D eigenvalue weighted by Crippen LogP contribution is -2.25. The zero-order valence-electron chi connectivity index (χ0n) is 11.4. The zero-order valence-corrected chi connectivity index (χ0v) is 11.4. The second kappa shape index (κ2) is 6.70. The third-order valence-corrected chi connectivity index (χ3v) is 2.45. The van der Waals surface area contributed by atoms with E-state index in [1.165, 1.54) is 0 Å². The Morgan fingerprint density at radius 3 is 2.58 bits per heavy atom. The van der Waals surface area contributed by atoms with Crippen LogP contribution in [0.25, 0.3) is 0 Å². The number of aryl methyl sites for hydroxylation is 1. The number of alkyl halides is 3. The van der Waals surface area contributed by atoms with Gasteiger partial charge in [-0.3, -0.25) is 4.90 Å². The van der Waals surface area contributed by atoms with Crippen LogP contribution in [-0.2, 0) is 6.54 Å². The van der Waals surface area contributed by atoms with Crippen molar-refractivity contribution in [3.8, 4) is 0 Å². The van der Waals surface area contributed by atoms with E-state index in [2.05, 4.69) is 15.3 Å². The predicted octanol–water partition coefficient (Wildman–Crippen LogP) is 2.60.